The van der Waals surface area contributed by atoms with Crippen LogP contribution in [0.5, 0.6) is 0 Å². The second-order valence-electron chi connectivity index (χ2n) is 5.33. The summed E-state index contributed by atoms with van der Waals surface area (Å²) in [6.07, 6.45) is 2.71. The van der Waals surface area contributed by atoms with Gasteiger partial charge in [0.25, 0.3) is 0 Å². The Morgan fingerprint density at radius 1 is 1.52 bits per heavy atom. The van der Waals surface area contributed by atoms with Gasteiger partial charge in [0.05, 0.1) is 19.3 Å². The lowest BCUT2D eigenvalue weighted by Gasteiger charge is -2.30. The fraction of sp³-hybridized carbons (Fsp3) is 0.571. The van der Waals surface area contributed by atoms with E-state index in [1.165, 1.54) is 0 Å². The minimum absolute atomic E-state index is 0.167. The normalized spacial score (nSPS) is 20.2. The number of halogens is 2. The first-order valence-corrected chi connectivity index (χ1v) is 8.37. The topological polar surface area (TPSA) is 43.2 Å². The molecule has 1 aliphatic rings. The van der Waals surface area contributed by atoms with E-state index in [-0.39, 0.29) is 6.10 Å². The van der Waals surface area contributed by atoms with Crippen LogP contribution < -0.4 is 0 Å². The predicted molar refractivity (Wildman–Crippen MR) is 86.9 cm³/mol. The van der Waals surface area contributed by atoms with Crippen LogP contribution in [0.3, 0.4) is 0 Å². The first-order chi connectivity index (χ1) is 10.2. The molecule has 0 saturated carbocycles. The predicted octanol–water partition coefficient (Wildman–Crippen LogP) is 2.31. The van der Waals surface area contributed by atoms with E-state index in [2.05, 4.69) is 42.4 Å². The summed E-state index contributed by atoms with van der Waals surface area (Å²) in [5.41, 5.74) is 1.80. The molecule has 1 atom stereocenters. The van der Waals surface area contributed by atoms with E-state index in [1.54, 1.807) is 6.20 Å². The number of nitrogens with zero attached hydrogens (tertiary/aromatic N) is 4. The molecular weight excluding hydrogens is 356 g/mol. The Kier molecular flexibility index (Phi) is 4.78. The summed E-state index contributed by atoms with van der Waals surface area (Å²) >= 11 is 9.35. The third kappa shape index (κ3) is 3.39. The van der Waals surface area contributed by atoms with Crippen LogP contribution in [-0.4, -0.2) is 58.2 Å². The van der Waals surface area contributed by atoms with Crippen LogP contribution >= 0.6 is 27.5 Å². The molecule has 0 radical (unpaired) electrons. The zero-order chi connectivity index (χ0) is 14.8. The average Bonchev–Trinajstić information content (AvgIpc) is 2.76. The van der Waals surface area contributed by atoms with Crippen molar-refractivity contribution in [3.63, 3.8) is 0 Å². The van der Waals surface area contributed by atoms with Crippen molar-refractivity contribution < 1.29 is 4.74 Å². The minimum Gasteiger partial charge on any atom is -0.374 e. The Hall–Kier alpha value is -0.690. The second kappa shape index (κ2) is 6.60. The molecule has 7 heteroatoms. The van der Waals surface area contributed by atoms with Gasteiger partial charge >= 0.3 is 0 Å². The van der Waals surface area contributed by atoms with Crippen LogP contribution in [-0.2, 0) is 17.7 Å². The number of hydrogen-bond donors (Lipinski definition) is 0. The number of rotatable bonds is 4. The van der Waals surface area contributed by atoms with Gasteiger partial charge in [0, 0.05) is 36.1 Å². The molecule has 3 rings (SSSR count). The molecule has 114 valence electrons. The molecule has 0 spiro atoms. The minimum atomic E-state index is 0.167. The summed E-state index contributed by atoms with van der Waals surface area (Å²) < 4.78 is 8.95. The van der Waals surface area contributed by atoms with Gasteiger partial charge in [-0.05, 0) is 29.0 Å². The molecular formula is C14H18BrClN4O. The molecule has 5 nitrogen and oxygen atoms in total. The van der Waals surface area contributed by atoms with Crippen molar-refractivity contribution in [3.8, 4) is 0 Å². The fourth-order valence-corrected chi connectivity index (χ4v) is 3.17. The summed E-state index contributed by atoms with van der Waals surface area (Å²) in [5.74, 6) is 1.53. The van der Waals surface area contributed by atoms with Gasteiger partial charge in [0.1, 0.15) is 11.3 Å². The van der Waals surface area contributed by atoms with Gasteiger partial charge in [-0.1, -0.05) is 0 Å². The molecule has 0 bridgehead atoms. The molecule has 1 aliphatic heterocycles. The molecule has 3 heterocycles. The molecule has 1 fully saturated rings. The summed E-state index contributed by atoms with van der Waals surface area (Å²) in [6.45, 7) is 3.46. The number of aryl methyl sites for hydroxylation is 1. The van der Waals surface area contributed by atoms with Crippen molar-refractivity contribution in [1.29, 1.82) is 0 Å². The SMILES string of the molecule is CN1CCOC(Cn2c(CCCl)nc3cc(Br)cnc32)C1. The highest BCUT2D eigenvalue weighted by Crippen LogP contribution is 2.20. The highest BCUT2D eigenvalue weighted by Gasteiger charge is 2.21. The van der Waals surface area contributed by atoms with E-state index in [4.69, 9.17) is 16.3 Å². The van der Waals surface area contributed by atoms with Crippen LogP contribution in [0.4, 0.5) is 0 Å². The van der Waals surface area contributed by atoms with Crippen LogP contribution in [0.2, 0.25) is 0 Å². The van der Waals surface area contributed by atoms with Gasteiger partial charge in [0.15, 0.2) is 5.65 Å². The molecule has 0 aliphatic carbocycles. The largest absolute Gasteiger partial charge is 0.374 e. The summed E-state index contributed by atoms with van der Waals surface area (Å²) in [4.78, 5) is 11.5. The summed E-state index contributed by atoms with van der Waals surface area (Å²) in [7, 11) is 2.12. The molecule has 1 saturated heterocycles. The Balaban J connectivity index is 1.93. The van der Waals surface area contributed by atoms with Gasteiger partial charge in [-0.15, -0.1) is 11.6 Å². The lowest BCUT2D eigenvalue weighted by atomic mass is 10.2. The van der Waals surface area contributed by atoms with Crippen LogP contribution in [0.25, 0.3) is 11.2 Å². The molecule has 0 amide bonds. The molecule has 0 aromatic carbocycles. The van der Waals surface area contributed by atoms with E-state index in [9.17, 15) is 0 Å². The van der Waals surface area contributed by atoms with Gasteiger partial charge in [-0.3, -0.25) is 0 Å². The van der Waals surface area contributed by atoms with E-state index >= 15 is 0 Å². The average molecular weight is 374 g/mol. The monoisotopic (exact) mass is 372 g/mol. The molecule has 0 N–H and O–H groups in total. The Morgan fingerprint density at radius 2 is 2.38 bits per heavy atom. The zero-order valence-electron chi connectivity index (χ0n) is 11.9. The van der Waals surface area contributed by atoms with Crippen molar-refractivity contribution in [3.05, 3.63) is 22.6 Å². The van der Waals surface area contributed by atoms with Gasteiger partial charge < -0.3 is 14.2 Å². The zero-order valence-corrected chi connectivity index (χ0v) is 14.3. The standard InChI is InChI=1S/C14H18BrClN4O/c1-19-4-5-21-11(8-19)9-20-13(2-3-16)18-12-6-10(15)7-17-14(12)20/h6-7,11H,2-5,8-9H2,1H3. The van der Waals surface area contributed by atoms with Gasteiger partial charge in [-0.25, -0.2) is 9.97 Å². The lowest BCUT2D eigenvalue weighted by Crippen LogP contribution is -2.42. The first-order valence-electron chi connectivity index (χ1n) is 7.04. The van der Waals surface area contributed by atoms with Gasteiger partial charge in [0.2, 0.25) is 0 Å². The van der Waals surface area contributed by atoms with Crippen molar-refractivity contribution >= 4 is 38.7 Å². The van der Waals surface area contributed by atoms with Crippen molar-refractivity contribution in [2.45, 2.75) is 19.1 Å². The maximum atomic E-state index is 5.91. The van der Waals surface area contributed by atoms with Crippen LogP contribution in [0, 0.1) is 0 Å². The molecule has 1 unspecified atom stereocenters. The van der Waals surface area contributed by atoms with Gasteiger partial charge in [-0.2, -0.15) is 0 Å². The first kappa shape index (κ1) is 15.2. The number of imidazole rings is 1. The molecule has 2 aromatic rings. The maximum Gasteiger partial charge on any atom is 0.160 e. The van der Waals surface area contributed by atoms with Crippen LogP contribution in [0.15, 0.2) is 16.7 Å². The lowest BCUT2D eigenvalue weighted by molar-refractivity contribution is -0.0273. The molecule has 21 heavy (non-hydrogen) atoms. The van der Waals surface area contributed by atoms with Crippen molar-refractivity contribution in [2.75, 3.05) is 32.6 Å². The Morgan fingerprint density at radius 3 is 3.14 bits per heavy atom. The summed E-state index contributed by atoms with van der Waals surface area (Å²) in [5, 5.41) is 0. The number of likely N-dealkylation sites (N-methyl/N-ethyl adjacent to an activating group) is 1. The highest BCUT2D eigenvalue weighted by molar-refractivity contribution is 9.10. The Labute approximate surface area is 137 Å². The van der Waals surface area contributed by atoms with E-state index in [0.717, 1.165) is 54.1 Å². The molecule has 2 aromatic heterocycles. The van der Waals surface area contributed by atoms with E-state index in [1.807, 2.05) is 6.07 Å². The van der Waals surface area contributed by atoms with Crippen molar-refractivity contribution in [2.24, 2.45) is 0 Å². The third-order valence-corrected chi connectivity index (χ3v) is 4.30. The third-order valence-electron chi connectivity index (χ3n) is 3.68. The number of aromatic nitrogens is 3. The number of ether oxygens (including phenoxy) is 1. The fourth-order valence-electron chi connectivity index (χ4n) is 2.68. The second-order valence-corrected chi connectivity index (χ2v) is 6.62. The van der Waals surface area contributed by atoms with Crippen molar-refractivity contribution in [1.82, 2.24) is 19.4 Å². The maximum absolute atomic E-state index is 5.91. The quantitative estimate of drug-likeness (QED) is 0.771. The Bertz CT molecular complexity index is 633. The number of hydrogen-bond acceptors (Lipinski definition) is 4. The number of pyridine rings is 1. The number of alkyl halides is 1. The summed E-state index contributed by atoms with van der Waals surface area (Å²) in [6, 6.07) is 1.99. The van der Waals surface area contributed by atoms with Crippen LogP contribution in [0.1, 0.15) is 5.82 Å². The number of fused-ring (bicyclic) bond motifs is 1. The van der Waals surface area contributed by atoms with E-state index in [0.29, 0.717) is 5.88 Å². The number of morpholine rings is 1. The highest BCUT2D eigenvalue weighted by atomic mass is 79.9. The van der Waals surface area contributed by atoms with E-state index < -0.39 is 0 Å². The smallest absolute Gasteiger partial charge is 0.160 e.